The number of rotatable bonds is 6. The molecular formula is C17H21N3O. The van der Waals surface area contributed by atoms with E-state index in [0.29, 0.717) is 6.54 Å². The molecule has 21 heavy (non-hydrogen) atoms. The molecule has 2 rings (SSSR count). The first-order valence-corrected chi connectivity index (χ1v) is 7.12. The molecule has 0 bridgehead atoms. The van der Waals surface area contributed by atoms with E-state index in [0.717, 1.165) is 35.2 Å². The Labute approximate surface area is 125 Å². The second-order valence-electron chi connectivity index (χ2n) is 5.00. The number of carbonyl (C=O) groups is 1. The zero-order valence-electron chi connectivity index (χ0n) is 12.5. The summed E-state index contributed by atoms with van der Waals surface area (Å²) in [7, 11) is 1.91. The van der Waals surface area contributed by atoms with E-state index in [1.807, 2.05) is 44.3 Å². The first-order chi connectivity index (χ1) is 10.2. The van der Waals surface area contributed by atoms with Gasteiger partial charge in [-0.2, -0.15) is 0 Å². The number of aryl methyl sites for hydroxylation is 1. The minimum Gasteiger partial charge on any atom is -0.348 e. The molecule has 0 spiro atoms. The Kier molecular flexibility index (Phi) is 5.46. The van der Waals surface area contributed by atoms with Crippen molar-refractivity contribution in [1.29, 1.82) is 0 Å². The lowest BCUT2D eigenvalue weighted by atomic mass is 10.0. The summed E-state index contributed by atoms with van der Waals surface area (Å²) in [4.78, 5) is 16.5. The third kappa shape index (κ3) is 4.13. The Morgan fingerprint density at radius 2 is 2.00 bits per heavy atom. The van der Waals surface area contributed by atoms with Crippen LogP contribution in [0, 0.1) is 6.92 Å². The summed E-state index contributed by atoms with van der Waals surface area (Å²) in [5.41, 5.74) is 3.98. The van der Waals surface area contributed by atoms with Crippen LogP contribution in [0.5, 0.6) is 0 Å². The van der Waals surface area contributed by atoms with Crippen LogP contribution in [0.15, 0.2) is 42.7 Å². The van der Waals surface area contributed by atoms with E-state index in [-0.39, 0.29) is 5.91 Å². The molecule has 2 N–H and O–H groups in total. The smallest absolute Gasteiger partial charge is 0.251 e. The maximum Gasteiger partial charge on any atom is 0.251 e. The van der Waals surface area contributed by atoms with Gasteiger partial charge >= 0.3 is 0 Å². The molecule has 110 valence electrons. The van der Waals surface area contributed by atoms with Gasteiger partial charge in [-0.3, -0.25) is 9.78 Å². The van der Waals surface area contributed by atoms with Gasteiger partial charge in [0.05, 0.1) is 0 Å². The van der Waals surface area contributed by atoms with Crippen LogP contribution in [-0.4, -0.2) is 24.5 Å². The maximum atomic E-state index is 12.4. The van der Waals surface area contributed by atoms with Crippen molar-refractivity contribution in [3.8, 4) is 0 Å². The molecule has 1 heterocycles. The molecule has 1 aromatic heterocycles. The van der Waals surface area contributed by atoms with Gasteiger partial charge in [0.15, 0.2) is 0 Å². The van der Waals surface area contributed by atoms with Crippen molar-refractivity contribution in [1.82, 2.24) is 15.6 Å². The Balaban J connectivity index is 2.05. The van der Waals surface area contributed by atoms with E-state index in [4.69, 9.17) is 0 Å². The van der Waals surface area contributed by atoms with Gasteiger partial charge in [0.25, 0.3) is 5.91 Å². The third-order valence-corrected chi connectivity index (χ3v) is 3.49. The van der Waals surface area contributed by atoms with Crippen LogP contribution < -0.4 is 10.6 Å². The van der Waals surface area contributed by atoms with Crippen molar-refractivity contribution in [3.63, 3.8) is 0 Å². The summed E-state index contributed by atoms with van der Waals surface area (Å²) in [6.07, 6.45) is 4.39. The molecule has 1 aromatic carbocycles. The predicted octanol–water partition coefficient (Wildman–Crippen LogP) is 2.08. The number of amides is 1. The quantitative estimate of drug-likeness (QED) is 0.853. The highest BCUT2D eigenvalue weighted by Crippen LogP contribution is 2.10. The van der Waals surface area contributed by atoms with Crippen LogP contribution in [0.4, 0.5) is 0 Å². The number of carbonyl (C=O) groups excluding carboxylic acids is 1. The Morgan fingerprint density at radius 3 is 2.76 bits per heavy atom. The van der Waals surface area contributed by atoms with Gasteiger partial charge in [-0.15, -0.1) is 0 Å². The second-order valence-corrected chi connectivity index (χ2v) is 5.00. The van der Waals surface area contributed by atoms with Crippen molar-refractivity contribution in [2.75, 3.05) is 13.6 Å². The van der Waals surface area contributed by atoms with Crippen molar-refractivity contribution in [2.24, 2.45) is 0 Å². The van der Waals surface area contributed by atoms with E-state index in [9.17, 15) is 4.79 Å². The number of nitrogens with one attached hydrogen (secondary N) is 2. The summed E-state index contributed by atoms with van der Waals surface area (Å²) in [6, 6.07) is 9.68. The number of hydrogen-bond donors (Lipinski definition) is 2. The molecule has 0 aliphatic heterocycles. The van der Waals surface area contributed by atoms with E-state index < -0.39 is 0 Å². The van der Waals surface area contributed by atoms with Crippen molar-refractivity contribution in [3.05, 3.63) is 65.0 Å². The molecule has 2 aromatic rings. The number of hydrogen-bond acceptors (Lipinski definition) is 3. The van der Waals surface area contributed by atoms with Crippen LogP contribution in [0.3, 0.4) is 0 Å². The predicted molar refractivity (Wildman–Crippen MR) is 84.2 cm³/mol. The maximum absolute atomic E-state index is 12.4. The minimum absolute atomic E-state index is 0.0371. The molecule has 0 aliphatic rings. The van der Waals surface area contributed by atoms with Crippen LogP contribution in [0.1, 0.15) is 27.0 Å². The van der Waals surface area contributed by atoms with E-state index >= 15 is 0 Å². The standard InChI is InChI=1S/C17H21N3O/c1-13-7-10-19-11-15(13)12-20-17(21)16-6-4-3-5-14(16)8-9-18-2/h3-7,10-11,18H,8-9,12H2,1-2H3,(H,20,21). The zero-order valence-corrected chi connectivity index (χ0v) is 12.5. The summed E-state index contributed by atoms with van der Waals surface area (Å²) >= 11 is 0. The Morgan fingerprint density at radius 1 is 1.19 bits per heavy atom. The Bertz CT molecular complexity index is 610. The average molecular weight is 283 g/mol. The first-order valence-electron chi connectivity index (χ1n) is 7.12. The highest BCUT2D eigenvalue weighted by atomic mass is 16.1. The monoisotopic (exact) mass is 283 g/mol. The van der Waals surface area contributed by atoms with Gasteiger partial charge in [-0.25, -0.2) is 0 Å². The van der Waals surface area contributed by atoms with Gasteiger partial charge in [-0.05, 0) is 55.8 Å². The van der Waals surface area contributed by atoms with E-state index in [2.05, 4.69) is 15.6 Å². The fourth-order valence-corrected chi connectivity index (χ4v) is 2.17. The number of benzene rings is 1. The number of pyridine rings is 1. The second kappa shape index (κ2) is 7.55. The lowest BCUT2D eigenvalue weighted by Crippen LogP contribution is -2.25. The molecule has 0 aliphatic carbocycles. The fourth-order valence-electron chi connectivity index (χ4n) is 2.17. The fraction of sp³-hybridized carbons (Fsp3) is 0.294. The topological polar surface area (TPSA) is 54.0 Å². The molecule has 1 amide bonds. The average Bonchev–Trinajstić information content (AvgIpc) is 2.52. The van der Waals surface area contributed by atoms with Gasteiger partial charge in [0.2, 0.25) is 0 Å². The molecular weight excluding hydrogens is 262 g/mol. The number of aromatic nitrogens is 1. The molecule has 4 heteroatoms. The van der Waals surface area contributed by atoms with Crippen molar-refractivity contribution < 1.29 is 4.79 Å². The summed E-state index contributed by atoms with van der Waals surface area (Å²) < 4.78 is 0. The normalized spacial score (nSPS) is 10.4. The third-order valence-electron chi connectivity index (χ3n) is 3.49. The molecule has 0 unspecified atom stereocenters. The first kappa shape index (κ1) is 15.2. The van der Waals surface area contributed by atoms with Crippen molar-refractivity contribution in [2.45, 2.75) is 19.9 Å². The number of likely N-dealkylation sites (N-methyl/N-ethyl adjacent to an activating group) is 1. The highest BCUT2D eigenvalue weighted by molar-refractivity contribution is 5.95. The lowest BCUT2D eigenvalue weighted by molar-refractivity contribution is 0.0950. The zero-order chi connectivity index (χ0) is 15.1. The SMILES string of the molecule is CNCCc1ccccc1C(=O)NCc1cnccc1C. The molecule has 0 radical (unpaired) electrons. The van der Waals surface area contributed by atoms with Crippen LogP contribution in [-0.2, 0) is 13.0 Å². The van der Waals surface area contributed by atoms with Gasteiger partial charge < -0.3 is 10.6 Å². The van der Waals surface area contributed by atoms with E-state index in [1.165, 1.54) is 0 Å². The minimum atomic E-state index is -0.0371. The molecule has 0 saturated heterocycles. The molecule has 0 saturated carbocycles. The van der Waals surface area contributed by atoms with Gasteiger partial charge in [0, 0.05) is 24.5 Å². The van der Waals surface area contributed by atoms with Crippen LogP contribution >= 0.6 is 0 Å². The molecule has 0 fully saturated rings. The number of nitrogens with zero attached hydrogens (tertiary/aromatic N) is 1. The summed E-state index contributed by atoms with van der Waals surface area (Å²) in [5.74, 6) is -0.0371. The summed E-state index contributed by atoms with van der Waals surface area (Å²) in [5, 5.41) is 6.08. The van der Waals surface area contributed by atoms with Crippen LogP contribution in [0.25, 0.3) is 0 Å². The summed E-state index contributed by atoms with van der Waals surface area (Å²) in [6.45, 7) is 3.37. The lowest BCUT2D eigenvalue weighted by Gasteiger charge is -2.11. The molecule has 0 atom stereocenters. The largest absolute Gasteiger partial charge is 0.348 e. The highest BCUT2D eigenvalue weighted by Gasteiger charge is 2.10. The van der Waals surface area contributed by atoms with Gasteiger partial charge in [0.1, 0.15) is 0 Å². The van der Waals surface area contributed by atoms with Gasteiger partial charge in [-0.1, -0.05) is 18.2 Å². The van der Waals surface area contributed by atoms with Crippen molar-refractivity contribution >= 4 is 5.91 Å². The van der Waals surface area contributed by atoms with E-state index in [1.54, 1.807) is 12.4 Å². The Hall–Kier alpha value is -2.20. The molecule has 4 nitrogen and oxygen atoms in total. The van der Waals surface area contributed by atoms with Crippen LogP contribution in [0.2, 0.25) is 0 Å².